The lowest BCUT2D eigenvalue weighted by atomic mass is 10.1. The molecule has 0 bridgehead atoms. The number of ether oxygens (including phenoxy) is 1. The first kappa shape index (κ1) is 16.3. The fraction of sp³-hybridized carbons (Fsp3) is 0.333. The molecule has 6 nitrogen and oxygen atoms in total. The van der Waals surface area contributed by atoms with E-state index in [2.05, 4.69) is 10.6 Å². The second kappa shape index (κ2) is 7.31. The fourth-order valence-corrected chi connectivity index (χ4v) is 2.54. The van der Waals surface area contributed by atoms with E-state index in [-0.39, 0.29) is 17.9 Å². The molecule has 1 aliphatic rings. The summed E-state index contributed by atoms with van der Waals surface area (Å²) in [5, 5.41) is 5.59. The Balaban J connectivity index is 1.60. The highest BCUT2D eigenvalue weighted by atomic mass is 16.5. The number of nitrogens with one attached hydrogen (secondary N) is 2. The molecule has 1 saturated heterocycles. The van der Waals surface area contributed by atoms with Crippen molar-refractivity contribution in [2.45, 2.75) is 25.8 Å². The maximum absolute atomic E-state index is 12.3. The smallest absolute Gasteiger partial charge is 0.319 e. The van der Waals surface area contributed by atoms with Crippen LogP contribution in [0.25, 0.3) is 0 Å². The van der Waals surface area contributed by atoms with Crippen LogP contribution < -0.4 is 10.6 Å². The number of hydrogen-bond donors (Lipinski definition) is 2. The molecular formula is C18H20N2O4. The van der Waals surface area contributed by atoms with Crippen LogP contribution in [0.5, 0.6) is 0 Å². The minimum Gasteiger partial charge on any atom is -0.458 e. The van der Waals surface area contributed by atoms with Gasteiger partial charge in [0.2, 0.25) is 5.78 Å². The van der Waals surface area contributed by atoms with Gasteiger partial charge in [-0.1, -0.05) is 6.92 Å². The molecule has 0 spiro atoms. The lowest BCUT2D eigenvalue weighted by molar-refractivity contribution is 0.101. The summed E-state index contributed by atoms with van der Waals surface area (Å²) in [5.41, 5.74) is 1.14. The summed E-state index contributed by atoms with van der Waals surface area (Å²) in [5.74, 6) is 0.935. The highest BCUT2D eigenvalue weighted by Crippen LogP contribution is 2.16. The minimum absolute atomic E-state index is 0.0533. The molecule has 1 atom stereocenters. The van der Waals surface area contributed by atoms with E-state index in [4.69, 9.17) is 9.15 Å². The number of rotatable bonds is 5. The van der Waals surface area contributed by atoms with E-state index in [1.807, 2.05) is 6.92 Å². The van der Waals surface area contributed by atoms with Crippen molar-refractivity contribution in [2.75, 3.05) is 18.5 Å². The number of benzene rings is 1. The number of urea groups is 1. The van der Waals surface area contributed by atoms with Crippen molar-refractivity contribution in [2.24, 2.45) is 0 Å². The van der Waals surface area contributed by atoms with Crippen molar-refractivity contribution < 1.29 is 18.7 Å². The number of ketones is 1. The average molecular weight is 328 g/mol. The first-order valence-corrected chi connectivity index (χ1v) is 8.04. The van der Waals surface area contributed by atoms with E-state index in [9.17, 15) is 9.59 Å². The van der Waals surface area contributed by atoms with Crippen molar-refractivity contribution >= 4 is 17.5 Å². The largest absolute Gasteiger partial charge is 0.458 e. The first-order chi connectivity index (χ1) is 11.7. The molecule has 0 aliphatic carbocycles. The summed E-state index contributed by atoms with van der Waals surface area (Å²) >= 11 is 0. The molecule has 1 aliphatic heterocycles. The molecule has 0 unspecified atom stereocenters. The van der Waals surface area contributed by atoms with Gasteiger partial charge in [0.1, 0.15) is 5.76 Å². The highest BCUT2D eigenvalue weighted by Gasteiger charge is 2.18. The molecule has 1 aromatic heterocycles. The fourth-order valence-electron chi connectivity index (χ4n) is 2.54. The van der Waals surface area contributed by atoms with Crippen LogP contribution in [-0.2, 0) is 11.2 Å². The third kappa shape index (κ3) is 3.83. The number of anilines is 1. The number of carbonyl (C=O) groups excluding carboxylic acids is 2. The van der Waals surface area contributed by atoms with Crippen LogP contribution in [0.2, 0.25) is 0 Å². The zero-order chi connectivity index (χ0) is 16.9. The first-order valence-electron chi connectivity index (χ1n) is 8.04. The van der Waals surface area contributed by atoms with Gasteiger partial charge < -0.3 is 19.8 Å². The predicted octanol–water partition coefficient (Wildman–Crippen LogP) is 2.98. The quantitative estimate of drug-likeness (QED) is 0.827. The second-order valence-corrected chi connectivity index (χ2v) is 5.68. The minimum atomic E-state index is -0.275. The molecule has 126 valence electrons. The Bertz CT molecular complexity index is 715. The summed E-state index contributed by atoms with van der Waals surface area (Å²) < 4.78 is 10.7. The van der Waals surface area contributed by atoms with Gasteiger partial charge in [0.15, 0.2) is 5.76 Å². The molecule has 2 N–H and O–H groups in total. The van der Waals surface area contributed by atoms with Gasteiger partial charge in [0.05, 0.1) is 12.6 Å². The van der Waals surface area contributed by atoms with E-state index < -0.39 is 0 Å². The third-order valence-electron chi connectivity index (χ3n) is 3.90. The Morgan fingerprint density at radius 1 is 1.17 bits per heavy atom. The summed E-state index contributed by atoms with van der Waals surface area (Å²) in [7, 11) is 0. The van der Waals surface area contributed by atoms with Crippen LogP contribution in [0.4, 0.5) is 10.5 Å². The highest BCUT2D eigenvalue weighted by molar-refractivity contribution is 6.07. The van der Waals surface area contributed by atoms with Gasteiger partial charge in [-0.05, 0) is 42.8 Å². The Labute approximate surface area is 140 Å². The SMILES string of the molecule is CCc1ccc(C(=O)c2ccc(NC(=O)N[C@H]3CCOC3)cc2)o1. The van der Waals surface area contributed by atoms with Crippen LogP contribution in [-0.4, -0.2) is 31.1 Å². The summed E-state index contributed by atoms with van der Waals surface area (Å²) in [6.07, 6.45) is 1.57. The van der Waals surface area contributed by atoms with E-state index in [1.165, 1.54) is 0 Å². The summed E-state index contributed by atoms with van der Waals surface area (Å²) in [6.45, 7) is 3.19. The summed E-state index contributed by atoms with van der Waals surface area (Å²) in [4.78, 5) is 24.2. The normalized spacial score (nSPS) is 16.8. The Kier molecular flexibility index (Phi) is 4.96. The van der Waals surface area contributed by atoms with Gasteiger partial charge in [-0.25, -0.2) is 4.79 Å². The Hall–Kier alpha value is -2.60. The molecule has 24 heavy (non-hydrogen) atoms. The standard InChI is InChI=1S/C18H20N2O4/c1-2-15-7-8-16(24-15)17(21)12-3-5-13(6-4-12)19-18(22)20-14-9-10-23-11-14/h3-8,14H,2,9-11H2,1H3,(H2,19,20,22)/t14-/m0/s1. The summed E-state index contributed by atoms with van der Waals surface area (Å²) in [6, 6.07) is 10.0. The zero-order valence-electron chi connectivity index (χ0n) is 13.5. The van der Waals surface area contributed by atoms with Crippen LogP contribution >= 0.6 is 0 Å². The van der Waals surface area contributed by atoms with E-state index in [0.717, 1.165) is 18.6 Å². The molecule has 2 aromatic rings. The molecule has 3 rings (SSSR count). The number of aryl methyl sites for hydroxylation is 1. The number of furan rings is 1. The molecule has 2 amide bonds. The van der Waals surface area contributed by atoms with Crippen molar-refractivity contribution in [1.29, 1.82) is 0 Å². The number of amides is 2. The van der Waals surface area contributed by atoms with Crippen LogP contribution in [0, 0.1) is 0 Å². The lowest BCUT2D eigenvalue weighted by Gasteiger charge is -2.12. The van der Waals surface area contributed by atoms with Crippen LogP contribution in [0.1, 0.15) is 35.2 Å². The molecule has 1 fully saturated rings. The molecule has 1 aromatic carbocycles. The van der Waals surface area contributed by atoms with Gasteiger partial charge >= 0.3 is 6.03 Å². The van der Waals surface area contributed by atoms with E-state index >= 15 is 0 Å². The predicted molar refractivity (Wildman–Crippen MR) is 89.3 cm³/mol. The lowest BCUT2D eigenvalue weighted by Crippen LogP contribution is -2.38. The van der Waals surface area contributed by atoms with E-state index in [1.54, 1.807) is 36.4 Å². The van der Waals surface area contributed by atoms with Crippen LogP contribution in [0.15, 0.2) is 40.8 Å². The van der Waals surface area contributed by atoms with Crippen LogP contribution in [0.3, 0.4) is 0 Å². The van der Waals surface area contributed by atoms with Crippen molar-refractivity contribution in [1.82, 2.24) is 5.32 Å². The molecule has 6 heteroatoms. The van der Waals surface area contributed by atoms with E-state index in [0.29, 0.717) is 30.2 Å². The van der Waals surface area contributed by atoms with Crippen molar-refractivity contribution in [3.05, 3.63) is 53.5 Å². The molecular weight excluding hydrogens is 308 g/mol. The second-order valence-electron chi connectivity index (χ2n) is 5.68. The van der Waals surface area contributed by atoms with Gasteiger partial charge in [-0.2, -0.15) is 0 Å². The zero-order valence-corrected chi connectivity index (χ0v) is 13.5. The van der Waals surface area contributed by atoms with Crippen molar-refractivity contribution in [3.63, 3.8) is 0 Å². The number of hydrogen-bond acceptors (Lipinski definition) is 4. The molecule has 0 radical (unpaired) electrons. The third-order valence-corrected chi connectivity index (χ3v) is 3.90. The maximum Gasteiger partial charge on any atom is 0.319 e. The Morgan fingerprint density at radius 3 is 2.58 bits per heavy atom. The monoisotopic (exact) mass is 328 g/mol. The van der Waals surface area contributed by atoms with Gasteiger partial charge in [-0.3, -0.25) is 4.79 Å². The van der Waals surface area contributed by atoms with Gasteiger partial charge in [-0.15, -0.1) is 0 Å². The Morgan fingerprint density at radius 2 is 1.96 bits per heavy atom. The topological polar surface area (TPSA) is 80.6 Å². The number of carbonyl (C=O) groups is 2. The van der Waals surface area contributed by atoms with Gasteiger partial charge in [0.25, 0.3) is 0 Å². The maximum atomic E-state index is 12.3. The van der Waals surface area contributed by atoms with Gasteiger partial charge in [0, 0.05) is 24.3 Å². The average Bonchev–Trinajstić information content (AvgIpc) is 3.26. The van der Waals surface area contributed by atoms with Crippen molar-refractivity contribution in [3.8, 4) is 0 Å². The molecule has 0 saturated carbocycles. The molecule has 2 heterocycles.